The zero-order chi connectivity index (χ0) is 16.7. The normalized spacial score (nSPS) is 16.5. The molecule has 0 bridgehead atoms. The van der Waals surface area contributed by atoms with Crippen molar-refractivity contribution in [1.82, 2.24) is 9.88 Å². The van der Waals surface area contributed by atoms with Gasteiger partial charge in [0.05, 0.1) is 5.56 Å². The first-order valence-corrected chi connectivity index (χ1v) is 8.52. The van der Waals surface area contributed by atoms with Crippen molar-refractivity contribution in [3.8, 4) is 0 Å². The van der Waals surface area contributed by atoms with Crippen LogP contribution < -0.4 is 11.1 Å². The van der Waals surface area contributed by atoms with Crippen LogP contribution in [0.5, 0.6) is 0 Å². The molecule has 0 atom stereocenters. The molecular weight excluding hydrogens is 327 g/mol. The van der Waals surface area contributed by atoms with Gasteiger partial charge in [0.1, 0.15) is 5.82 Å². The summed E-state index contributed by atoms with van der Waals surface area (Å²) in [7, 11) is 0. The van der Waals surface area contributed by atoms with E-state index in [-0.39, 0.29) is 0 Å². The lowest BCUT2D eigenvalue weighted by Crippen LogP contribution is -2.42. The van der Waals surface area contributed by atoms with Crippen LogP contribution in [0, 0.1) is 0 Å². The highest BCUT2D eigenvalue weighted by atomic mass is 32.2. The molecule has 1 aromatic rings. The van der Waals surface area contributed by atoms with Crippen LogP contribution in [0.4, 0.5) is 19.0 Å². The van der Waals surface area contributed by atoms with Crippen LogP contribution in [-0.2, 0) is 6.18 Å². The number of nitrogens with two attached hydrogens (primary N) is 1. The minimum Gasteiger partial charge on any atom is -0.370 e. The van der Waals surface area contributed by atoms with Gasteiger partial charge in [-0.25, -0.2) is 4.98 Å². The van der Waals surface area contributed by atoms with Crippen molar-refractivity contribution >= 4 is 23.5 Å². The van der Waals surface area contributed by atoms with Gasteiger partial charge in [0.25, 0.3) is 0 Å². The first kappa shape index (κ1) is 17.7. The number of rotatable bonds is 5. The quantitative estimate of drug-likeness (QED) is 0.486. The van der Waals surface area contributed by atoms with E-state index in [2.05, 4.69) is 20.2 Å². The molecule has 0 spiro atoms. The van der Waals surface area contributed by atoms with Crippen molar-refractivity contribution in [1.29, 1.82) is 0 Å². The van der Waals surface area contributed by atoms with Crippen LogP contribution in [0.15, 0.2) is 23.3 Å². The van der Waals surface area contributed by atoms with E-state index in [9.17, 15) is 13.2 Å². The Hall–Kier alpha value is -1.64. The number of halogens is 3. The lowest BCUT2D eigenvalue weighted by molar-refractivity contribution is -0.137. The average Bonchev–Trinajstić information content (AvgIpc) is 2.55. The Morgan fingerprint density at radius 3 is 2.70 bits per heavy atom. The maximum atomic E-state index is 12.4. The standard InChI is InChI=1S/C14H20F3N5S/c15-14(16,17)11-2-3-12(21-10-11)19-4-1-5-20-13(18)22-6-8-23-9-7-22/h2-3,10H,1,4-9H2,(H2,18,20)(H,19,21). The molecule has 23 heavy (non-hydrogen) atoms. The third-order valence-electron chi connectivity index (χ3n) is 3.34. The molecule has 9 heteroatoms. The zero-order valence-corrected chi connectivity index (χ0v) is 13.5. The summed E-state index contributed by atoms with van der Waals surface area (Å²) in [5.74, 6) is 3.12. The van der Waals surface area contributed by atoms with E-state index < -0.39 is 11.7 Å². The first-order chi connectivity index (χ1) is 11.0. The van der Waals surface area contributed by atoms with Gasteiger partial charge in [-0.15, -0.1) is 0 Å². The first-order valence-electron chi connectivity index (χ1n) is 7.36. The highest BCUT2D eigenvalue weighted by Gasteiger charge is 2.30. The second-order valence-corrected chi connectivity index (χ2v) is 6.27. The van der Waals surface area contributed by atoms with E-state index in [1.54, 1.807) is 0 Å². The van der Waals surface area contributed by atoms with Gasteiger partial charge in [-0.3, -0.25) is 4.99 Å². The Morgan fingerprint density at radius 2 is 2.09 bits per heavy atom. The number of anilines is 1. The maximum absolute atomic E-state index is 12.4. The number of nitrogens with zero attached hydrogens (tertiary/aromatic N) is 3. The number of guanidine groups is 1. The smallest absolute Gasteiger partial charge is 0.370 e. The van der Waals surface area contributed by atoms with E-state index in [1.807, 2.05) is 11.8 Å². The topological polar surface area (TPSA) is 66.5 Å². The fourth-order valence-corrected chi connectivity index (χ4v) is 2.95. The van der Waals surface area contributed by atoms with Crippen LogP contribution in [0.25, 0.3) is 0 Å². The third-order valence-corrected chi connectivity index (χ3v) is 4.28. The summed E-state index contributed by atoms with van der Waals surface area (Å²) in [6, 6.07) is 2.34. The summed E-state index contributed by atoms with van der Waals surface area (Å²) in [5.41, 5.74) is 5.18. The van der Waals surface area contributed by atoms with Crippen LogP contribution >= 0.6 is 11.8 Å². The Morgan fingerprint density at radius 1 is 1.35 bits per heavy atom. The van der Waals surface area contributed by atoms with Gasteiger partial charge in [0.15, 0.2) is 5.96 Å². The molecule has 2 rings (SSSR count). The molecule has 0 unspecified atom stereocenters. The second kappa shape index (κ2) is 8.28. The van der Waals surface area contributed by atoms with Crippen molar-refractivity contribution in [2.24, 2.45) is 10.7 Å². The molecule has 5 nitrogen and oxygen atoms in total. The Labute approximate surface area is 137 Å². The molecule has 0 aromatic carbocycles. The predicted molar refractivity (Wildman–Crippen MR) is 87.7 cm³/mol. The molecule has 128 valence electrons. The van der Waals surface area contributed by atoms with Gasteiger partial charge >= 0.3 is 6.18 Å². The number of hydrogen-bond donors (Lipinski definition) is 2. The molecule has 3 N–H and O–H groups in total. The Bertz CT molecular complexity index is 512. The number of alkyl halides is 3. The van der Waals surface area contributed by atoms with Gasteiger partial charge < -0.3 is 16.0 Å². The molecule has 0 radical (unpaired) electrons. The monoisotopic (exact) mass is 347 g/mol. The highest BCUT2D eigenvalue weighted by molar-refractivity contribution is 7.99. The lowest BCUT2D eigenvalue weighted by atomic mass is 10.3. The summed E-state index contributed by atoms with van der Waals surface area (Å²) in [4.78, 5) is 10.1. The zero-order valence-electron chi connectivity index (χ0n) is 12.6. The number of aromatic nitrogens is 1. The molecule has 0 saturated carbocycles. The number of nitrogens with one attached hydrogen (secondary N) is 1. The summed E-state index contributed by atoms with van der Waals surface area (Å²) < 4.78 is 37.2. The van der Waals surface area contributed by atoms with Crippen LogP contribution in [0.3, 0.4) is 0 Å². The summed E-state index contributed by atoms with van der Waals surface area (Å²) in [6.45, 7) is 3.00. The fourth-order valence-electron chi connectivity index (χ4n) is 2.05. The van der Waals surface area contributed by atoms with Gasteiger partial charge in [-0.2, -0.15) is 24.9 Å². The van der Waals surface area contributed by atoms with Gasteiger partial charge in [-0.1, -0.05) is 0 Å². The number of pyridine rings is 1. The summed E-state index contributed by atoms with van der Waals surface area (Å²) >= 11 is 1.91. The highest BCUT2D eigenvalue weighted by Crippen LogP contribution is 2.28. The molecule has 0 amide bonds. The van der Waals surface area contributed by atoms with Gasteiger partial charge in [0, 0.05) is 43.9 Å². The number of hydrogen-bond acceptors (Lipinski definition) is 4. The molecule has 1 aromatic heterocycles. The van der Waals surface area contributed by atoms with Gasteiger partial charge in [0.2, 0.25) is 0 Å². The predicted octanol–water partition coefficient (Wildman–Crippen LogP) is 2.27. The van der Waals surface area contributed by atoms with Crippen molar-refractivity contribution in [3.63, 3.8) is 0 Å². The SMILES string of the molecule is NC(=NCCCNc1ccc(C(F)(F)F)cn1)N1CCSCC1. The van der Waals surface area contributed by atoms with E-state index in [0.29, 0.717) is 24.9 Å². The summed E-state index contributed by atoms with van der Waals surface area (Å²) in [6.07, 6.45) is -2.80. The minimum atomic E-state index is -4.36. The molecular formula is C14H20F3N5S. The molecule has 0 aliphatic carbocycles. The van der Waals surface area contributed by atoms with E-state index in [4.69, 9.17) is 5.73 Å². The average molecular weight is 347 g/mol. The fraction of sp³-hybridized carbons (Fsp3) is 0.571. The van der Waals surface area contributed by atoms with E-state index >= 15 is 0 Å². The minimum absolute atomic E-state index is 0.419. The molecule has 1 fully saturated rings. The van der Waals surface area contributed by atoms with Crippen molar-refractivity contribution in [2.75, 3.05) is 43.0 Å². The van der Waals surface area contributed by atoms with Crippen LogP contribution in [0.1, 0.15) is 12.0 Å². The largest absolute Gasteiger partial charge is 0.417 e. The lowest BCUT2D eigenvalue weighted by Gasteiger charge is -2.27. The third kappa shape index (κ3) is 5.81. The maximum Gasteiger partial charge on any atom is 0.417 e. The molecule has 2 heterocycles. The van der Waals surface area contributed by atoms with Crippen molar-refractivity contribution < 1.29 is 13.2 Å². The number of aliphatic imine (C=N–C) groups is 1. The Kier molecular flexibility index (Phi) is 6.37. The van der Waals surface area contributed by atoms with Crippen molar-refractivity contribution in [2.45, 2.75) is 12.6 Å². The Balaban J connectivity index is 1.69. The second-order valence-electron chi connectivity index (χ2n) is 5.05. The van der Waals surface area contributed by atoms with E-state index in [0.717, 1.165) is 43.3 Å². The van der Waals surface area contributed by atoms with Crippen LogP contribution in [-0.4, -0.2) is 53.5 Å². The van der Waals surface area contributed by atoms with Gasteiger partial charge in [-0.05, 0) is 18.6 Å². The van der Waals surface area contributed by atoms with Crippen LogP contribution in [0.2, 0.25) is 0 Å². The van der Waals surface area contributed by atoms with E-state index in [1.165, 1.54) is 6.07 Å². The molecule has 1 aliphatic rings. The number of thioether (sulfide) groups is 1. The molecule has 1 aliphatic heterocycles. The molecule has 1 saturated heterocycles. The summed E-state index contributed by atoms with van der Waals surface area (Å²) in [5, 5.41) is 2.97. The van der Waals surface area contributed by atoms with Crippen molar-refractivity contribution in [3.05, 3.63) is 23.9 Å².